The van der Waals surface area contributed by atoms with E-state index in [2.05, 4.69) is 27.1 Å². The number of halogens is 1. The molecule has 8 heteroatoms. The molecule has 1 aliphatic rings. The molecule has 2 N–H and O–H groups in total. The average Bonchev–Trinajstić information content (AvgIpc) is 3.31. The zero-order valence-electron chi connectivity index (χ0n) is 19.1. The molecule has 1 saturated heterocycles. The lowest BCUT2D eigenvalue weighted by molar-refractivity contribution is 0.0951. The lowest BCUT2D eigenvalue weighted by Gasteiger charge is -2.15. The Morgan fingerprint density at radius 3 is 2.38 bits per heavy atom. The maximum absolute atomic E-state index is 12.7. The van der Waals surface area contributed by atoms with Gasteiger partial charge in [-0.3, -0.25) is 14.4 Å². The highest BCUT2D eigenvalue weighted by Crippen LogP contribution is 2.24. The molecule has 0 saturated carbocycles. The van der Waals surface area contributed by atoms with Gasteiger partial charge in [0, 0.05) is 13.1 Å². The second-order valence-electron chi connectivity index (χ2n) is 8.60. The van der Waals surface area contributed by atoms with Gasteiger partial charge in [-0.05, 0) is 74.3 Å². The summed E-state index contributed by atoms with van der Waals surface area (Å²) in [5.41, 5.74) is 3.79. The summed E-state index contributed by atoms with van der Waals surface area (Å²) < 4.78 is 27.7. The molecule has 1 aliphatic heterocycles. The minimum Gasteiger partial charge on any atom is -0.348 e. The van der Waals surface area contributed by atoms with Crippen LogP contribution < -0.4 is 10.0 Å². The number of benzene rings is 3. The molecular weight excluding hydrogens is 470 g/mol. The van der Waals surface area contributed by atoms with Gasteiger partial charge >= 0.3 is 0 Å². The number of anilines is 1. The van der Waals surface area contributed by atoms with Gasteiger partial charge in [-0.2, -0.15) is 0 Å². The van der Waals surface area contributed by atoms with Crippen LogP contribution >= 0.6 is 11.6 Å². The van der Waals surface area contributed by atoms with Crippen LogP contribution in [-0.4, -0.2) is 32.3 Å². The van der Waals surface area contributed by atoms with Crippen LogP contribution in [0.1, 0.15) is 39.9 Å². The van der Waals surface area contributed by atoms with Crippen molar-refractivity contribution in [2.24, 2.45) is 0 Å². The van der Waals surface area contributed by atoms with Crippen molar-refractivity contribution in [1.82, 2.24) is 10.2 Å². The topological polar surface area (TPSA) is 78.5 Å². The Morgan fingerprint density at radius 2 is 1.68 bits per heavy atom. The molecule has 178 valence electrons. The van der Waals surface area contributed by atoms with Gasteiger partial charge in [-0.1, -0.05) is 53.6 Å². The SMILES string of the molecule is Cc1ccc(S(=O)(=O)Nc2ccc(C(=O)NCc3cccc(CN4CCCC4)c3)c(Cl)c2)cc1. The third-order valence-corrected chi connectivity index (χ3v) is 7.56. The molecule has 1 amide bonds. The van der Waals surface area contributed by atoms with Gasteiger partial charge < -0.3 is 5.32 Å². The summed E-state index contributed by atoms with van der Waals surface area (Å²) in [5, 5.41) is 3.07. The first-order chi connectivity index (χ1) is 16.3. The first-order valence-corrected chi connectivity index (χ1v) is 13.1. The largest absolute Gasteiger partial charge is 0.348 e. The molecule has 0 bridgehead atoms. The third kappa shape index (κ3) is 6.17. The van der Waals surface area contributed by atoms with Crippen molar-refractivity contribution in [3.05, 3.63) is 94.0 Å². The molecule has 0 spiro atoms. The van der Waals surface area contributed by atoms with E-state index in [1.165, 1.54) is 36.6 Å². The summed E-state index contributed by atoms with van der Waals surface area (Å²) >= 11 is 6.32. The monoisotopic (exact) mass is 497 g/mol. The van der Waals surface area contributed by atoms with Crippen LogP contribution in [0.2, 0.25) is 5.02 Å². The number of aryl methyl sites for hydroxylation is 1. The van der Waals surface area contributed by atoms with Crippen LogP contribution in [0.4, 0.5) is 5.69 Å². The Bertz CT molecular complexity index is 1270. The standard InChI is InChI=1S/C26H28ClN3O3S/c1-19-7-10-23(11-8-19)34(32,33)29-22-9-12-24(25(27)16-22)26(31)28-17-20-5-4-6-21(15-20)18-30-13-2-3-14-30/h4-12,15-16,29H,2-3,13-14,17-18H2,1H3,(H,28,31). The highest BCUT2D eigenvalue weighted by atomic mass is 35.5. The van der Waals surface area contributed by atoms with Gasteiger partial charge in [-0.25, -0.2) is 8.42 Å². The first-order valence-electron chi connectivity index (χ1n) is 11.3. The fourth-order valence-corrected chi connectivity index (χ4v) is 5.32. The molecule has 3 aromatic carbocycles. The minimum absolute atomic E-state index is 0.156. The van der Waals surface area contributed by atoms with E-state index in [0.29, 0.717) is 6.54 Å². The predicted octanol–water partition coefficient (Wildman–Crippen LogP) is 4.98. The van der Waals surface area contributed by atoms with Gasteiger partial charge in [-0.15, -0.1) is 0 Å². The molecule has 1 heterocycles. The number of carbonyl (C=O) groups excluding carboxylic acids is 1. The van der Waals surface area contributed by atoms with E-state index in [4.69, 9.17) is 11.6 Å². The van der Waals surface area contributed by atoms with Crippen molar-refractivity contribution < 1.29 is 13.2 Å². The number of carbonyl (C=O) groups is 1. The number of hydrogen-bond acceptors (Lipinski definition) is 4. The van der Waals surface area contributed by atoms with E-state index in [0.717, 1.165) is 30.8 Å². The number of hydrogen-bond donors (Lipinski definition) is 2. The summed E-state index contributed by atoms with van der Waals surface area (Å²) in [6.45, 7) is 5.46. The second-order valence-corrected chi connectivity index (χ2v) is 10.7. The lowest BCUT2D eigenvalue weighted by Crippen LogP contribution is -2.23. The fraction of sp³-hybridized carbons (Fsp3) is 0.269. The molecule has 6 nitrogen and oxygen atoms in total. The van der Waals surface area contributed by atoms with Crippen LogP contribution in [0, 0.1) is 6.92 Å². The fourth-order valence-electron chi connectivity index (χ4n) is 4.01. The molecule has 0 aromatic heterocycles. The highest BCUT2D eigenvalue weighted by Gasteiger charge is 2.17. The molecule has 0 unspecified atom stereocenters. The third-order valence-electron chi connectivity index (χ3n) is 5.85. The quantitative estimate of drug-likeness (QED) is 0.460. The van der Waals surface area contributed by atoms with E-state index in [1.807, 2.05) is 19.1 Å². The summed E-state index contributed by atoms with van der Waals surface area (Å²) in [4.78, 5) is 15.3. The van der Waals surface area contributed by atoms with Crippen molar-refractivity contribution in [3.8, 4) is 0 Å². The Balaban J connectivity index is 1.38. The van der Waals surface area contributed by atoms with Gasteiger partial charge in [0.15, 0.2) is 0 Å². The number of nitrogens with zero attached hydrogens (tertiary/aromatic N) is 1. The Kier molecular flexibility index (Phi) is 7.56. The minimum atomic E-state index is -3.75. The molecular formula is C26H28ClN3O3S. The van der Waals surface area contributed by atoms with Crippen LogP contribution in [0.5, 0.6) is 0 Å². The van der Waals surface area contributed by atoms with Crippen molar-refractivity contribution in [1.29, 1.82) is 0 Å². The number of sulfonamides is 1. The zero-order valence-corrected chi connectivity index (χ0v) is 20.6. The number of nitrogens with one attached hydrogen (secondary N) is 2. The van der Waals surface area contributed by atoms with E-state index in [1.54, 1.807) is 24.3 Å². The summed E-state index contributed by atoms with van der Waals surface area (Å²) in [6.07, 6.45) is 2.51. The molecule has 4 rings (SSSR count). The van der Waals surface area contributed by atoms with Gasteiger partial charge in [0.25, 0.3) is 15.9 Å². The maximum Gasteiger partial charge on any atom is 0.261 e. The smallest absolute Gasteiger partial charge is 0.261 e. The molecule has 0 aliphatic carbocycles. The molecule has 34 heavy (non-hydrogen) atoms. The average molecular weight is 498 g/mol. The predicted molar refractivity (Wildman–Crippen MR) is 136 cm³/mol. The highest BCUT2D eigenvalue weighted by molar-refractivity contribution is 7.92. The number of amides is 1. The molecule has 0 atom stereocenters. The summed E-state index contributed by atoms with van der Waals surface area (Å²) in [7, 11) is -3.75. The van der Waals surface area contributed by atoms with Crippen molar-refractivity contribution >= 4 is 33.2 Å². The number of likely N-dealkylation sites (tertiary alicyclic amines) is 1. The van der Waals surface area contributed by atoms with Gasteiger partial charge in [0.1, 0.15) is 0 Å². The first kappa shape index (κ1) is 24.3. The van der Waals surface area contributed by atoms with Crippen LogP contribution in [-0.2, 0) is 23.1 Å². The summed E-state index contributed by atoms with van der Waals surface area (Å²) in [5.74, 6) is -0.317. The Hall–Kier alpha value is -2.87. The van der Waals surface area contributed by atoms with Crippen LogP contribution in [0.25, 0.3) is 0 Å². The second kappa shape index (κ2) is 10.6. The summed E-state index contributed by atoms with van der Waals surface area (Å²) in [6, 6.07) is 19.3. The van der Waals surface area contributed by atoms with E-state index in [-0.39, 0.29) is 27.1 Å². The van der Waals surface area contributed by atoms with E-state index < -0.39 is 10.0 Å². The molecule has 0 radical (unpaired) electrons. The van der Waals surface area contributed by atoms with Crippen LogP contribution in [0.15, 0.2) is 71.6 Å². The van der Waals surface area contributed by atoms with Crippen molar-refractivity contribution in [3.63, 3.8) is 0 Å². The van der Waals surface area contributed by atoms with Crippen molar-refractivity contribution in [2.45, 2.75) is 37.8 Å². The Morgan fingerprint density at radius 1 is 0.971 bits per heavy atom. The van der Waals surface area contributed by atoms with Gasteiger partial charge in [0.2, 0.25) is 0 Å². The normalized spacial score (nSPS) is 14.2. The number of rotatable bonds is 8. The maximum atomic E-state index is 12.7. The van der Waals surface area contributed by atoms with E-state index >= 15 is 0 Å². The lowest BCUT2D eigenvalue weighted by atomic mass is 10.1. The van der Waals surface area contributed by atoms with Gasteiger partial charge in [0.05, 0.1) is 21.2 Å². The molecule has 3 aromatic rings. The molecule has 1 fully saturated rings. The van der Waals surface area contributed by atoms with E-state index in [9.17, 15) is 13.2 Å². The van der Waals surface area contributed by atoms with Crippen LogP contribution in [0.3, 0.4) is 0 Å². The van der Waals surface area contributed by atoms with Crippen molar-refractivity contribution in [2.75, 3.05) is 17.8 Å². The Labute approximate surface area is 206 Å². The zero-order chi connectivity index (χ0) is 24.1.